The van der Waals surface area contributed by atoms with Gasteiger partial charge in [0.05, 0.1) is 0 Å². The molecule has 1 aliphatic carbocycles. The van der Waals surface area contributed by atoms with Crippen molar-refractivity contribution in [2.24, 2.45) is 10.8 Å². The molecule has 4 heteroatoms. The van der Waals surface area contributed by atoms with Crippen molar-refractivity contribution in [3.63, 3.8) is 0 Å². The minimum atomic E-state index is 0.00681. The minimum Gasteiger partial charge on any atom is -0.355 e. The lowest BCUT2D eigenvalue weighted by Crippen LogP contribution is -2.37. The first-order valence-electron chi connectivity index (χ1n) is 8.68. The summed E-state index contributed by atoms with van der Waals surface area (Å²) >= 11 is 0. The number of benzene rings is 1. The maximum absolute atomic E-state index is 13.0. The Bertz CT molecular complexity index is 765. The second kappa shape index (κ2) is 5.20. The molecule has 24 heavy (non-hydrogen) atoms. The number of carbonyl (C=O) groups is 1. The van der Waals surface area contributed by atoms with Crippen LogP contribution in [0, 0.1) is 10.8 Å². The maximum Gasteiger partial charge on any atom is 0.276 e. The summed E-state index contributed by atoms with van der Waals surface area (Å²) in [5, 5.41) is 4.04. The van der Waals surface area contributed by atoms with Crippen LogP contribution in [0.15, 0.2) is 40.9 Å². The van der Waals surface area contributed by atoms with Gasteiger partial charge >= 0.3 is 0 Å². The lowest BCUT2D eigenvalue weighted by molar-refractivity contribution is 0.0698. The highest BCUT2D eigenvalue weighted by Gasteiger charge is 2.51. The highest BCUT2D eigenvalue weighted by atomic mass is 16.5. The smallest absolute Gasteiger partial charge is 0.276 e. The van der Waals surface area contributed by atoms with Crippen molar-refractivity contribution in [2.75, 3.05) is 6.54 Å². The van der Waals surface area contributed by atoms with Gasteiger partial charge in [-0.05, 0) is 30.1 Å². The number of rotatable bonds is 2. The molecule has 2 atom stereocenters. The monoisotopic (exact) mass is 324 g/mol. The van der Waals surface area contributed by atoms with Gasteiger partial charge in [-0.3, -0.25) is 4.79 Å². The Balaban J connectivity index is 1.58. The van der Waals surface area contributed by atoms with E-state index in [0.29, 0.717) is 22.9 Å². The average Bonchev–Trinajstić information content (AvgIpc) is 3.09. The molecule has 4 nitrogen and oxygen atoms in total. The third kappa shape index (κ3) is 2.64. The van der Waals surface area contributed by atoms with E-state index in [9.17, 15) is 4.79 Å². The van der Waals surface area contributed by atoms with Crippen LogP contribution in [0.2, 0.25) is 0 Å². The summed E-state index contributed by atoms with van der Waals surface area (Å²) in [6.45, 7) is 7.77. The highest BCUT2D eigenvalue weighted by molar-refractivity contribution is 5.93. The number of amides is 1. The molecular weight excluding hydrogens is 300 g/mol. The van der Waals surface area contributed by atoms with Crippen molar-refractivity contribution < 1.29 is 9.32 Å². The maximum atomic E-state index is 13.0. The zero-order valence-corrected chi connectivity index (χ0v) is 14.6. The summed E-state index contributed by atoms with van der Waals surface area (Å²) in [5.41, 5.74) is 1.89. The van der Waals surface area contributed by atoms with E-state index in [0.717, 1.165) is 24.9 Å². The zero-order valence-electron chi connectivity index (χ0n) is 14.6. The quantitative estimate of drug-likeness (QED) is 0.823. The molecule has 1 aromatic carbocycles. The molecule has 1 aromatic heterocycles. The van der Waals surface area contributed by atoms with E-state index in [1.165, 1.54) is 6.42 Å². The van der Waals surface area contributed by atoms with E-state index >= 15 is 0 Å². The molecule has 1 aliphatic heterocycles. The summed E-state index contributed by atoms with van der Waals surface area (Å²) in [6.07, 6.45) is 3.34. The summed E-state index contributed by atoms with van der Waals surface area (Å²) in [6, 6.07) is 11.9. The first-order chi connectivity index (χ1) is 11.4. The van der Waals surface area contributed by atoms with Crippen LogP contribution in [-0.4, -0.2) is 28.6 Å². The Labute approximate surface area is 142 Å². The van der Waals surface area contributed by atoms with Gasteiger partial charge < -0.3 is 9.42 Å². The lowest BCUT2D eigenvalue weighted by Gasteiger charge is -2.39. The number of likely N-dealkylation sites (tertiary alicyclic amines) is 1. The van der Waals surface area contributed by atoms with E-state index in [2.05, 4.69) is 25.9 Å². The van der Waals surface area contributed by atoms with Crippen LogP contribution < -0.4 is 0 Å². The van der Waals surface area contributed by atoms with Crippen LogP contribution in [0.25, 0.3) is 11.3 Å². The van der Waals surface area contributed by atoms with Crippen LogP contribution in [0.1, 0.15) is 50.5 Å². The number of fused-ring (bicyclic) bond motifs is 2. The SMILES string of the molecule is CC1(C)C[C@H]2C[C@@](C)(CN2C(=O)c2cc(-c3ccccc3)on2)C1. The van der Waals surface area contributed by atoms with Gasteiger partial charge in [0, 0.05) is 24.2 Å². The van der Waals surface area contributed by atoms with Gasteiger partial charge in [0.25, 0.3) is 5.91 Å². The van der Waals surface area contributed by atoms with E-state index in [1.807, 2.05) is 35.2 Å². The molecular formula is C20H24N2O2. The number of hydrogen-bond donors (Lipinski definition) is 0. The fourth-order valence-corrected chi connectivity index (χ4v) is 4.96. The Hall–Kier alpha value is -2.10. The highest BCUT2D eigenvalue weighted by Crippen LogP contribution is 2.52. The zero-order chi connectivity index (χ0) is 16.9. The van der Waals surface area contributed by atoms with Crippen molar-refractivity contribution in [1.82, 2.24) is 10.1 Å². The topological polar surface area (TPSA) is 46.3 Å². The molecule has 2 fully saturated rings. The molecule has 2 aliphatic rings. The molecule has 4 rings (SSSR count). The van der Waals surface area contributed by atoms with Crippen LogP contribution >= 0.6 is 0 Å². The Kier molecular flexibility index (Phi) is 3.34. The largest absolute Gasteiger partial charge is 0.355 e. The Morgan fingerprint density at radius 1 is 1.21 bits per heavy atom. The van der Waals surface area contributed by atoms with Crippen molar-refractivity contribution >= 4 is 5.91 Å². The van der Waals surface area contributed by atoms with Gasteiger partial charge in [-0.25, -0.2) is 0 Å². The summed E-state index contributed by atoms with van der Waals surface area (Å²) in [4.78, 5) is 15.0. The predicted molar refractivity (Wildman–Crippen MR) is 92.5 cm³/mol. The lowest BCUT2D eigenvalue weighted by atomic mass is 9.65. The van der Waals surface area contributed by atoms with Gasteiger partial charge in [-0.2, -0.15) is 0 Å². The van der Waals surface area contributed by atoms with Crippen LogP contribution in [0.3, 0.4) is 0 Å². The molecule has 1 saturated carbocycles. The molecule has 2 aromatic rings. The number of aromatic nitrogens is 1. The normalized spacial score (nSPS) is 28.1. The fourth-order valence-electron chi connectivity index (χ4n) is 4.96. The molecule has 126 valence electrons. The molecule has 2 heterocycles. The summed E-state index contributed by atoms with van der Waals surface area (Å²) in [7, 11) is 0. The van der Waals surface area contributed by atoms with E-state index < -0.39 is 0 Å². The molecule has 1 saturated heterocycles. The predicted octanol–water partition coefficient (Wildman–Crippen LogP) is 4.38. The van der Waals surface area contributed by atoms with Gasteiger partial charge in [-0.15, -0.1) is 0 Å². The van der Waals surface area contributed by atoms with Gasteiger partial charge in [0.2, 0.25) is 0 Å². The molecule has 2 bridgehead atoms. The summed E-state index contributed by atoms with van der Waals surface area (Å²) < 4.78 is 5.41. The number of nitrogens with zero attached hydrogens (tertiary/aromatic N) is 2. The third-order valence-corrected chi connectivity index (χ3v) is 5.46. The summed E-state index contributed by atoms with van der Waals surface area (Å²) in [5.74, 6) is 0.653. The molecule has 0 N–H and O–H groups in total. The number of carbonyl (C=O) groups excluding carboxylic acids is 1. The minimum absolute atomic E-state index is 0.00681. The Morgan fingerprint density at radius 2 is 1.96 bits per heavy atom. The van der Waals surface area contributed by atoms with Crippen molar-refractivity contribution in [2.45, 2.75) is 46.1 Å². The van der Waals surface area contributed by atoms with E-state index in [4.69, 9.17) is 4.52 Å². The second-order valence-corrected chi connectivity index (χ2v) is 8.59. The van der Waals surface area contributed by atoms with E-state index in [1.54, 1.807) is 6.07 Å². The first kappa shape index (κ1) is 15.4. The number of hydrogen-bond acceptors (Lipinski definition) is 3. The Morgan fingerprint density at radius 3 is 2.71 bits per heavy atom. The fraction of sp³-hybridized carbons (Fsp3) is 0.500. The molecule has 0 spiro atoms. The van der Waals surface area contributed by atoms with Crippen LogP contribution in [-0.2, 0) is 0 Å². The van der Waals surface area contributed by atoms with Gasteiger partial charge in [0.15, 0.2) is 11.5 Å². The van der Waals surface area contributed by atoms with E-state index in [-0.39, 0.29) is 11.3 Å². The van der Waals surface area contributed by atoms with Crippen molar-refractivity contribution in [1.29, 1.82) is 0 Å². The third-order valence-electron chi connectivity index (χ3n) is 5.46. The van der Waals surface area contributed by atoms with Gasteiger partial charge in [-0.1, -0.05) is 56.3 Å². The molecule has 0 unspecified atom stereocenters. The van der Waals surface area contributed by atoms with Crippen LogP contribution in [0.4, 0.5) is 0 Å². The van der Waals surface area contributed by atoms with Crippen molar-refractivity contribution in [3.8, 4) is 11.3 Å². The first-order valence-corrected chi connectivity index (χ1v) is 8.68. The second-order valence-electron chi connectivity index (χ2n) is 8.59. The average molecular weight is 324 g/mol. The van der Waals surface area contributed by atoms with Gasteiger partial charge in [0.1, 0.15) is 0 Å². The van der Waals surface area contributed by atoms with Crippen LogP contribution in [0.5, 0.6) is 0 Å². The molecule has 0 radical (unpaired) electrons. The van der Waals surface area contributed by atoms with Crippen molar-refractivity contribution in [3.05, 3.63) is 42.1 Å². The molecule has 1 amide bonds. The standard InChI is InChI=1S/C20H24N2O2/c1-19(2)10-15-11-20(3,12-19)13-22(15)18(23)16-9-17(24-21-16)14-7-5-4-6-8-14/h4-9,15H,10-13H2,1-3H3/t15-,20+/m0/s1.